The molecule has 0 atom stereocenters. The summed E-state index contributed by atoms with van der Waals surface area (Å²) in [7, 11) is 0. The molecule has 2 nitrogen and oxygen atoms in total. The molecule has 0 saturated carbocycles. The molecule has 20 heavy (non-hydrogen) atoms. The van der Waals surface area contributed by atoms with Crippen LogP contribution in [-0.4, -0.2) is 11.6 Å². The lowest BCUT2D eigenvalue weighted by Gasteiger charge is -2.04. The second-order valence-electron chi connectivity index (χ2n) is 5.06. The van der Waals surface area contributed by atoms with Crippen molar-refractivity contribution in [2.24, 2.45) is 0 Å². The van der Waals surface area contributed by atoms with Crippen LogP contribution in [0.4, 0.5) is 0 Å². The lowest BCUT2D eigenvalue weighted by Crippen LogP contribution is -2.00. The second-order valence-corrected chi connectivity index (χ2v) is 5.06. The molecular formula is C18H19NO. The number of aryl methyl sites for hydroxylation is 1. The fraction of sp³-hybridized carbons (Fsp3) is 0.222. The summed E-state index contributed by atoms with van der Waals surface area (Å²) < 4.78 is 5.75. The fourth-order valence-electron chi connectivity index (χ4n) is 2.53. The first kappa shape index (κ1) is 12.9. The molecule has 0 aliphatic rings. The van der Waals surface area contributed by atoms with Crippen LogP contribution in [0, 0.1) is 6.92 Å². The first-order chi connectivity index (χ1) is 9.84. The van der Waals surface area contributed by atoms with E-state index in [1.165, 1.54) is 27.7 Å². The van der Waals surface area contributed by atoms with Crippen molar-refractivity contribution in [2.45, 2.75) is 20.0 Å². The van der Waals surface area contributed by atoms with Gasteiger partial charge in [-0.2, -0.15) is 0 Å². The number of benzene rings is 2. The highest BCUT2D eigenvalue weighted by molar-refractivity contribution is 5.84. The van der Waals surface area contributed by atoms with Gasteiger partial charge in [0, 0.05) is 23.0 Å². The summed E-state index contributed by atoms with van der Waals surface area (Å²) in [5.41, 5.74) is 5.05. The van der Waals surface area contributed by atoms with E-state index in [-0.39, 0.29) is 0 Å². The van der Waals surface area contributed by atoms with Gasteiger partial charge in [-0.05, 0) is 24.1 Å². The van der Waals surface area contributed by atoms with Gasteiger partial charge >= 0.3 is 0 Å². The van der Waals surface area contributed by atoms with Gasteiger partial charge in [-0.3, -0.25) is 0 Å². The zero-order chi connectivity index (χ0) is 13.8. The van der Waals surface area contributed by atoms with Gasteiger partial charge in [0.15, 0.2) is 0 Å². The van der Waals surface area contributed by atoms with Crippen LogP contribution in [0.1, 0.15) is 16.8 Å². The Kier molecular flexibility index (Phi) is 3.84. The molecule has 0 bridgehead atoms. The maximum atomic E-state index is 5.75. The Morgan fingerprint density at radius 3 is 2.50 bits per heavy atom. The molecule has 2 heteroatoms. The van der Waals surface area contributed by atoms with E-state index in [4.69, 9.17) is 4.74 Å². The van der Waals surface area contributed by atoms with Gasteiger partial charge in [-0.1, -0.05) is 48.5 Å². The predicted molar refractivity (Wildman–Crippen MR) is 82.8 cm³/mol. The monoisotopic (exact) mass is 265 g/mol. The van der Waals surface area contributed by atoms with Crippen molar-refractivity contribution in [3.05, 3.63) is 71.4 Å². The van der Waals surface area contributed by atoms with E-state index in [1.807, 2.05) is 18.2 Å². The minimum atomic E-state index is 0.681. The summed E-state index contributed by atoms with van der Waals surface area (Å²) in [4.78, 5) is 3.48. The molecule has 2 aromatic carbocycles. The Morgan fingerprint density at radius 2 is 1.70 bits per heavy atom. The van der Waals surface area contributed by atoms with Gasteiger partial charge in [0.2, 0.25) is 0 Å². The van der Waals surface area contributed by atoms with Crippen LogP contribution in [-0.2, 0) is 17.8 Å². The molecule has 1 N–H and O–H groups in total. The molecule has 3 aromatic rings. The third-order valence-electron chi connectivity index (χ3n) is 3.68. The fourth-order valence-corrected chi connectivity index (χ4v) is 2.53. The van der Waals surface area contributed by atoms with Gasteiger partial charge < -0.3 is 9.72 Å². The largest absolute Gasteiger partial charge is 0.376 e. The number of H-pyrrole nitrogens is 1. The lowest BCUT2D eigenvalue weighted by molar-refractivity contribution is 0.123. The van der Waals surface area contributed by atoms with Crippen molar-refractivity contribution in [3.8, 4) is 0 Å². The van der Waals surface area contributed by atoms with Crippen LogP contribution < -0.4 is 0 Å². The summed E-state index contributed by atoms with van der Waals surface area (Å²) in [5, 5.41) is 1.31. The topological polar surface area (TPSA) is 25.0 Å². The quantitative estimate of drug-likeness (QED) is 0.686. The average Bonchev–Trinajstić information content (AvgIpc) is 2.82. The van der Waals surface area contributed by atoms with E-state index < -0.39 is 0 Å². The highest BCUT2D eigenvalue weighted by Crippen LogP contribution is 2.21. The Balaban J connectivity index is 1.59. The first-order valence-electron chi connectivity index (χ1n) is 7.02. The lowest BCUT2D eigenvalue weighted by atomic mass is 10.1. The van der Waals surface area contributed by atoms with E-state index in [2.05, 4.69) is 48.3 Å². The van der Waals surface area contributed by atoms with Crippen LogP contribution >= 0.6 is 0 Å². The molecule has 3 rings (SSSR count). The van der Waals surface area contributed by atoms with Crippen molar-refractivity contribution in [1.82, 2.24) is 4.98 Å². The summed E-state index contributed by atoms with van der Waals surface area (Å²) in [6.07, 6.45) is 0.924. The van der Waals surface area contributed by atoms with Crippen LogP contribution in [0.3, 0.4) is 0 Å². The molecule has 1 heterocycles. The molecule has 1 aromatic heterocycles. The second kappa shape index (κ2) is 5.93. The average molecular weight is 265 g/mol. The Hall–Kier alpha value is -2.06. The van der Waals surface area contributed by atoms with Gasteiger partial charge in [-0.15, -0.1) is 0 Å². The molecule has 0 amide bonds. The molecule has 0 unspecified atom stereocenters. The number of hydrogen-bond donors (Lipinski definition) is 1. The third-order valence-corrected chi connectivity index (χ3v) is 3.68. The van der Waals surface area contributed by atoms with Crippen molar-refractivity contribution in [1.29, 1.82) is 0 Å². The number of para-hydroxylation sites is 1. The highest BCUT2D eigenvalue weighted by atomic mass is 16.5. The maximum absolute atomic E-state index is 5.75. The van der Waals surface area contributed by atoms with Crippen LogP contribution in [0.5, 0.6) is 0 Å². The Bertz CT molecular complexity index is 685. The summed E-state index contributed by atoms with van der Waals surface area (Å²) >= 11 is 0. The molecule has 0 spiro atoms. The van der Waals surface area contributed by atoms with E-state index >= 15 is 0 Å². The number of fused-ring (bicyclic) bond motifs is 1. The van der Waals surface area contributed by atoms with Crippen LogP contribution in [0.2, 0.25) is 0 Å². The standard InChI is InChI=1S/C18H19NO/c1-14-16-9-5-6-10-18(16)19-17(14)11-12-20-13-15-7-3-2-4-8-15/h2-10,19H,11-13H2,1H3. The summed E-state index contributed by atoms with van der Waals surface area (Å²) in [6, 6.07) is 18.7. The van der Waals surface area contributed by atoms with Crippen LogP contribution in [0.15, 0.2) is 54.6 Å². The van der Waals surface area contributed by atoms with Gasteiger partial charge in [-0.25, -0.2) is 0 Å². The van der Waals surface area contributed by atoms with Gasteiger partial charge in [0.1, 0.15) is 0 Å². The number of aromatic nitrogens is 1. The van der Waals surface area contributed by atoms with E-state index in [0.29, 0.717) is 6.61 Å². The SMILES string of the molecule is Cc1c(CCOCc2ccccc2)[nH]c2ccccc12. The maximum Gasteiger partial charge on any atom is 0.0717 e. The number of hydrogen-bond acceptors (Lipinski definition) is 1. The van der Waals surface area contributed by atoms with Crippen molar-refractivity contribution >= 4 is 10.9 Å². The minimum absolute atomic E-state index is 0.681. The van der Waals surface area contributed by atoms with E-state index in [0.717, 1.165) is 13.0 Å². The van der Waals surface area contributed by atoms with Crippen molar-refractivity contribution in [3.63, 3.8) is 0 Å². The van der Waals surface area contributed by atoms with Crippen LogP contribution in [0.25, 0.3) is 10.9 Å². The zero-order valence-electron chi connectivity index (χ0n) is 11.7. The Morgan fingerprint density at radius 1 is 0.950 bits per heavy atom. The highest BCUT2D eigenvalue weighted by Gasteiger charge is 2.06. The van der Waals surface area contributed by atoms with E-state index in [1.54, 1.807) is 0 Å². The number of rotatable bonds is 5. The molecule has 0 radical (unpaired) electrons. The molecule has 0 aliphatic carbocycles. The molecule has 102 valence electrons. The summed E-state index contributed by atoms with van der Waals surface area (Å²) in [5.74, 6) is 0. The third kappa shape index (κ3) is 2.75. The molecule has 0 saturated heterocycles. The van der Waals surface area contributed by atoms with Crippen molar-refractivity contribution < 1.29 is 4.74 Å². The van der Waals surface area contributed by atoms with Crippen molar-refractivity contribution in [2.75, 3.05) is 6.61 Å². The smallest absolute Gasteiger partial charge is 0.0717 e. The zero-order valence-corrected chi connectivity index (χ0v) is 11.7. The normalized spacial score (nSPS) is 11.1. The predicted octanol–water partition coefficient (Wildman–Crippen LogP) is 4.24. The minimum Gasteiger partial charge on any atom is -0.376 e. The Labute approximate surface area is 119 Å². The number of ether oxygens (including phenoxy) is 1. The first-order valence-corrected chi connectivity index (χ1v) is 7.02. The van der Waals surface area contributed by atoms with Gasteiger partial charge in [0.25, 0.3) is 0 Å². The summed E-state index contributed by atoms with van der Waals surface area (Å²) in [6.45, 7) is 3.59. The molecular weight excluding hydrogens is 246 g/mol. The molecule has 0 aliphatic heterocycles. The van der Waals surface area contributed by atoms with E-state index in [9.17, 15) is 0 Å². The number of nitrogens with one attached hydrogen (secondary N) is 1. The number of aromatic amines is 1. The van der Waals surface area contributed by atoms with Gasteiger partial charge in [0.05, 0.1) is 13.2 Å². The molecule has 0 fully saturated rings.